The Labute approximate surface area is 174 Å². The lowest BCUT2D eigenvalue weighted by molar-refractivity contribution is -0.268. The summed E-state index contributed by atoms with van der Waals surface area (Å²) in [5.41, 5.74) is 2.34. The molecule has 0 bridgehead atoms. The van der Waals surface area contributed by atoms with Crippen LogP contribution < -0.4 is 4.74 Å². The van der Waals surface area contributed by atoms with Gasteiger partial charge in [0.05, 0.1) is 6.10 Å². The van der Waals surface area contributed by atoms with Gasteiger partial charge < -0.3 is 29.6 Å². The molecule has 0 radical (unpaired) electrons. The van der Waals surface area contributed by atoms with E-state index in [4.69, 9.17) is 9.47 Å². The van der Waals surface area contributed by atoms with Crippen LogP contribution in [-0.4, -0.2) is 51.8 Å². The van der Waals surface area contributed by atoms with Crippen LogP contribution in [0.3, 0.4) is 0 Å². The number of benzene rings is 2. The standard InChI is InChI=1S/C23H27FO6/c1-13(25)5-3-6-15-9-10-18(12-19(15)16-7-4-8-17(24)11-16)30-23-22(28)21(27)20(26)14(2)29-23/h4,7-12,14,20-23,26-28H,3,5-6H2,1-2H3/t14-,20-,21+,22+,23-/m1/s1. The molecule has 7 heteroatoms. The third-order valence-corrected chi connectivity index (χ3v) is 5.25. The summed E-state index contributed by atoms with van der Waals surface area (Å²) in [5, 5.41) is 30.0. The predicted molar refractivity (Wildman–Crippen MR) is 108 cm³/mol. The molecule has 1 heterocycles. The Morgan fingerprint density at radius 3 is 2.57 bits per heavy atom. The minimum absolute atomic E-state index is 0.112. The molecule has 0 unspecified atom stereocenters. The summed E-state index contributed by atoms with van der Waals surface area (Å²) in [6, 6.07) is 11.4. The molecule has 0 spiro atoms. The highest BCUT2D eigenvalue weighted by Crippen LogP contribution is 2.32. The lowest BCUT2D eigenvalue weighted by Gasteiger charge is -2.38. The van der Waals surface area contributed by atoms with Gasteiger partial charge in [-0.25, -0.2) is 4.39 Å². The average Bonchev–Trinajstić information content (AvgIpc) is 2.71. The van der Waals surface area contributed by atoms with E-state index in [0.29, 0.717) is 30.6 Å². The molecular weight excluding hydrogens is 391 g/mol. The number of Topliss-reactive ketones (excluding diaryl/α,β-unsaturated/α-hetero) is 1. The Morgan fingerprint density at radius 1 is 1.10 bits per heavy atom. The number of ether oxygens (including phenoxy) is 2. The Bertz CT molecular complexity index is 886. The van der Waals surface area contributed by atoms with Crippen LogP contribution in [0.15, 0.2) is 42.5 Å². The lowest BCUT2D eigenvalue weighted by atomic mass is 9.95. The Balaban J connectivity index is 1.87. The molecule has 0 amide bonds. The maximum absolute atomic E-state index is 13.8. The molecule has 6 nitrogen and oxygen atoms in total. The Morgan fingerprint density at radius 2 is 1.87 bits per heavy atom. The summed E-state index contributed by atoms with van der Waals surface area (Å²) < 4.78 is 25.1. The SMILES string of the molecule is CC(=O)CCCc1ccc(O[C@H]2O[C@H](C)[C@@H](O)[C@H](O)[C@@H]2O)cc1-c1cccc(F)c1. The van der Waals surface area contributed by atoms with E-state index < -0.39 is 30.7 Å². The molecule has 1 saturated heterocycles. The summed E-state index contributed by atoms with van der Waals surface area (Å²) in [6.45, 7) is 3.12. The van der Waals surface area contributed by atoms with Crippen LogP contribution >= 0.6 is 0 Å². The van der Waals surface area contributed by atoms with Crippen LogP contribution in [-0.2, 0) is 16.0 Å². The second-order valence-corrected chi connectivity index (χ2v) is 7.68. The second kappa shape index (κ2) is 9.66. The fourth-order valence-electron chi connectivity index (χ4n) is 3.54. The fraction of sp³-hybridized carbons (Fsp3) is 0.435. The van der Waals surface area contributed by atoms with Crippen LogP contribution in [0, 0.1) is 5.82 Å². The number of rotatable bonds is 7. The predicted octanol–water partition coefficient (Wildman–Crippen LogP) is 2.61. The lowest BCUT2D eigenvalue weighted by Crippen LogP contribution is -2.58. The smallest absolute Gasteiger partial charge is 0.229 e. The number of ketones is 1. The molecule has 162 valence electrons. The van der Waals surface area contributed by atoms with Gasteiger partial charge in [-0.15, -0.1) is 0 Å². The van der Waals surface area contributed by atoms with Crippen LogP contribution in [0.25, 0.3) is 11.1 Å². The second-order valence-electron chi connectivity index (χ2n) is 7.68. The summed E-state index contributed by atoms with van der Waals surface area (Å²) >= 11 is 0. The van der Waals surface area contributed by atoms with Crippen molar-refractivity contribution in [2.24, 2.45) is 0 Å². The van der Waals surface area contributed by atoms with Crippen LogP contribution in [0.5, 0.6) is 5.75 Å². The first-order chi connectivity index (χ1) is 14.3. The van der Waals surface area contributed by atoms with Gasteiger partial charge in [0.2, 0.25) is 6.29 Å². The molecule has 30 heavy (non-hydrogen) atoms. The van der Waals surface area contributed by atoms with Crippen molar-refractivity contribution in [3.05, 3.63) is 53.8 Å². The van der Waals surface area contributed by atoms with E-state index in [1.807, 2.05) is 6.07 Å². The molecule has 1 fully saturated rings. The molecule has 5 atom stereocenters. The van der Waals surface area contributed by atoms with Gasteiger partial charge in [0.1, 0.15) is 35.7 Å². The van der Waals surface area contributed by atoms with Gasteiger partial charge in [-0.1, -0.05) is 18.2 Å². The topological polar surface area (TPSA) is 96.2 Å². The number of aliphatic hydroxyl groups excluding tert-OH is 3. The number of aliphatic hydroxyl groups is 3. The summed E-state index contributed by atoms with van der Waals surface area (Å²) in [4.78, 5) is 11.3. The van der Waals surface area contributed by atoms with Crippen molar-refractivity contribution in [2.45, 2.75) is 63.8 Å². The van der Waals surface area contributed by atoms with Crippen molar-refractivity contribution in [1.82, 2.24) is 0 Å². The quantitative estimate of drug-likeness (QED) is 0.640. The van der Waals surface area contributed by atoms with Crippen molar-refractivity contribution < 1.29 is 34.0 Å². The summed E-state index contributed by atoms with van der Waals surface area (Å²) in [6.07, 6.45) is -4.16. The van der Waals surface area contributed by atoms with E-state index in [2.05, 4.69) is 0 Å². The maximum atomic E-state index is 13.8. The van der Waals surface area contributed by atoms with Gasteiger partial charge in [0.25, 0.3) is 0 Å². The van der Waals surface area contributed by atoms with Crippen LogP contribution in [0.4, 0.5) is 4.39 Å². The maximum Gasteiger partial charge on any atom is 0.229 e. The molecule has 0 aromatic heterocycles. The van der Waals surface area contributed by atoms with E-state index in [1.54, 1.807) is 38.1 Å². The van der Waals surface area contributed by atoms with Gasteiger partial charge >= 0.3 is 0 Å². The van der Waals surface area contributed by atoms with E-state index >= 15 is 0 Å². The van der Waals surface area contributed by atoms with E-state index in [9.17, 15) is 24.5 Å². The largest absolute Gasteiger partial charge is 0.462 e. The fourth-order valence-corrected chi connectivity index (χ4v) is 3.54. The normalized spacial score (nSPS) is 26.4. The number of carbonyl (C=O) groups is 1. The molecule has 1 aliphatic heterocycles. The van der Waals surface area contributed by atoms with Gasteiger partial charge in [0.15, 0.2) is 0 Å². The zero-order chi connectivity index (χ0) is 21.8. The molecule has 3 rings (SSSR count). The van der Waals surface area contributed by atoms with Crippen molar-refractivity contribution in [1.29, 1.82) is 0 Å². The highest BCUT2D eigenvalue weighted by Gasteiger charge is 2.43. The van der Waals surface area contributed by atoms with Gasteiger partial charge in [-0.05, 0) is 67.6 Å². The van der Waals surface area contributed by atoms with E-state index in [0.717, 1.165) is 11.1 Å². The van der Waals surface area contributed by atoms with Gasteiger partial charge in [-0.2, -0.15) is 0 Å². The number of hydrogen-bond acceptors (Lipinski definition) is 6. The van der Waals surface area contributed by atoms with Crippen molar-refractivity contribution in [2.75, 3.05) is 0 Å². The number of halogens is 1. The number of hydrogen-bond donors (Lipinski definition) is 3. The van der Waals surface area contributed by atoms with Crippen LogP contribution in [0.2, 0.25) is 0 Å². The van der Waals surface area contributed by atoms with Crippen molar-refractivity contribution in [3.63, 3.8) is 0 Å². The zero-order valence-corrected chi connectivity index (χ0v) is 17.0. The molecule has 0 aliphatic carbocycles. The number of carbonyl (C=O) groups excluding carboxylic acids is 1. The molecule has 0 saturated carbocycles. The first kappa shape index (κ1) is 22.4. The Hall–Kier alpha value is -2.32. The molecule has 3 N–H and O–H groups in total. The third kappa shape index (κ3) is 5.23. The monoisotopic (exact) mass is 418 g/mol. The summed E-state index contributed by atoms with van der Waals surface area (Å²) in [5.74, 6) is 0.107. The molecule has 2 aromatic carbocycles. The van der Waals surface area contributed by atoms with Gasteiger partial charge in [0, 0.05) is 6.42 Å². The average molecular weight is 418 g/mol. The minimum Gasteiger partial charge on any atom is -0.462 e. The number of aryl methyl sites for hydroxylation is 1. The Kier molecular flexibility index (Phi) is 7.20. The van der Waals surface area contributed by atoms with Gasteiger partial charge in [-0.3, -0.25) is 0 Å². The molecule has 1 aliphatic rings. The van der Waals surface area contributed by atoms with Crippen molar-refractivity contribution in [3.8, 4) is 16.9 Å². The van der Waals surface area contributed by atoms with E-state index in [1.165, 1.54) is 12.1 Å². The van der Waals surface area contributed by atoms with Crippen molar-refractivity contribution >= 4 is 5.78 Å². The van der Waals surface area contributed by atoms with E-state index in [-0.39, 0.29) is 11.6 Å². The highest BCUT2D eigenvalue weighted by atomic mass is 19.1. The first-order valence-corrected chi connectivity index (χ1v) is 10.0. The first-order valence-electron chi connectivity index (χ1n) is 10.0. The third-order valence-electron chi connectivity index (χ3n) is 5.25. The molecular formula is C23H27FO6. The zero-order valence-electron chi connectivity index (χ0n) is 17.0. The van der Waals surface area contributed by atoms with Crippen LogP contribution in [0.1, 0.15) is 32.3 Å². The minimum atomic E-state index is -1.43. The molecule has 2 aromatic rings. The highest BCUT2D eigenvalue weighted by molar-refractivity contribution is 5.75. The summed E-state index contributed by atoms with van der Waals surface area (Å²) in [7, 11) is 0.